The summed E-state index contributed by atoms with van der Waals surface area (Å²) in [5.74, 6) is -0.0571. The number of aliphatic hydroxyl groups excluding tert-OH is 2. The maximum Gasteiger partial charge on any atom is 0.305 e. The number of hydrogen-bond donors (Lipinski definition) is 2. The lowest BCUT2D eigenvalue weighted by Gasteiger charge is -2.05. The normalized spacial score (nSPS) is 10.8. The molecule has 0 aromatic heterocycles. The third-order valence-electron chi connectivity index (χ3n) is 3.85. The molecule has 0 aliphatic heterocycles. The van der Waals surface area contributed by atoms with Gasteiger partial charge < -0.3 is 14.9 Å². The zero-order chi connectivity index (χ0) is 16.3. The third-order valence-corrected chi connectivity index (χ3v) is 3.85. The largest absolute Gasteiger partial charge is 0.466 e. The summed E-state index contributed by atoms with van der Waals surface area (Å²) in [7, 11) is 0. The number of hydrogen-bond acceptors (Lipinski definition) is 4. The fraction of sp³-hybridized carbons (Fsp3) is 0.944. The number of ether oxygens (including phenoxy) is 1. The highest BCUT2D eigenvalue weighted by Crippen LogP contribution is 2.09. The van der Waals surface area contributed by atoms with E-state index in [0.29, 0.717) is 19.6 Å². The van der Waals surface area contributed by atoms with Gasteiger partial charge in [0.05, 0.1) is 6.61 Å². The molecule has 0 aromatic rings. The predicted octanol–water partition coefficient (Wildman–Crippen LogP) is 3.98. The van der Waals surface area contributed by atoms with Crippen molar-refractivity contribution in [2.45, 2.75) is 89.9 Å². The second kappa shape index (κ2) is 18.4. The van der Waals surface area contributed by atoms with E-state index in [-0.39, 0.29) is 12.6 Å². The number of unbranched alkanes of at least 4 members (excludes halogenated alkanes) is 11. The molecule has 0 fully saturated rings. The smallest absolute Gasteiger partial charge is 0.305 e. The number of esters is 1. The van der Waals surface area contributed by atoms with E-state index in [1.807, 2.05) is 0 Å². The van der Waals surface area contributed by atoms with Gasteiger partial charge in [-0.1, -0.05) is 57.8 Å². The molecule has 4 nitrogen and oxygen atoms in total. The van der Waals surface area contributed by atoms with Crippen LogP contribution < -0.4 is 0 Å². The second-order valence-electron chi connectivity index (χ2n) is 6.01. The number of carbonyl (C=O) groups is 1. The topological polar surface area (TPSA) is 66.8 Å². The molecule has 0 atom stereocenters. The summed E-state index contributed by atoms with van der Waals surface area (Å²) in [6.07, 6.45) is 14.5. The molecule has 0 saturated heterocycles. The maximum absolute atomic E-state index is 11.5. The Morgan fingerprint density at radius 2 is 1.00 bits per heavy atom. The number of rotatable bonds is 17. The van der Waals surface area contributed by atoms with E-state index in [0.717, 1.165) is 64.2 Å². The molecule has 0 bridgehead atoms. The molecule has 0 spiro atoms. The molecule has 0 aliphatic rings. The molecule has 0 aromatic carbocycles. The summed E-state index contributed by atoms with van der Waals surface area (Å²) < 4.78 is 5.23. The van der Waals surface area contributed by atoms with Crippen LogP contribution in [0.2, 0.25) is 0 Å². The highest BCUT2D eigenvalue weighted by Gasteiger charge is 2.02. The van der Waals surface area contributed by atoms with Crippen LogP contribution in [0.15, 0.2) is 0 Å². The van der Waals surface area contributed by atoms with Crippen molar-refractivity contribution in [1.29, 1.82) is 0 Å². The minimum atomic E-state index is -0.0571. The van der Waals surface area contributed by atoms with Gasteiger partial charge >= 0.3 is 5.97 Å². The summed E-state index contributed by atoms with van der Waals surface area (Å²) >= 11 is 0. The van der Waals surface area contributed by atoms with Crippen molar-refractivity contribution in [3.8, 4) is 0 Å². The molecule has 0 unspecified atom stereocenters. The molecule has 0 radical (unpaired) electrons. The molecule has 2 N–H and O–H groups in total. The molecule has 132 valence electrons. The zero-order valence-electron chi connectivity index (χ0n) is 14.2. The van der Waals surface area contributed by atoms with Crippen molar-refractivity contribution < 1.29 is 19.7 Å². The van der Waals surface area contributed by atoms with Crippen molar-refractivity contribution in [2.75, 3.05) is 19.8 Å². The first-order chi connectivity index (χ1) is 10.8. The van der Waals surface area contributed by atoms with Gasteiger partial charge in [0.1, 0.15) is 0 Å². The molecular weight excluding hydrogens is 280 g/mol. The van der Waals surface area contributed by atoms with Gasteiger partial charge in [0.15, 0.2) is 0 Å². The summed E-state index contributed by atoms with van der Waals surface area (Å²) in [6.45, 7) is 1.15. The summed E-state index contributed by atoms with van der Waals surface area (Å²) in [4.78, 5) is 11.5. The zero-order valence-corrected chi connectivity index (χ0v) is 14.2. The second-order valence-corrected chi connectivity index (χ2v) is 6.01. The average molecular weight is 316 g/mol. The molecular formula is C18H36O4. The number of carbonyl (C=O) groups excluding carboxylic acids is 1. The quantitative estimate of drug-likeness (QED) is 0.315. The van der Waals surface area contributed by atoms with E-state index in [1.165, 1.54) is 19.3 Å². The van der Waals surface area contributed by atoms with E-state index >= 15 is 0 Å². The Morgan fingerprint density at radius 3 is 1.50 bits per heavy atom. The van der Waals surface area contributed by atoms with Crippen molar-refractivity contribution in [1.82, 2.24) is 0 Å². The first kappa shape index (κ1) is 21.4. The summed E-state index contributed by atoms with van der Waals surface area (Å²) in [6, 6.07) is 0. The van der Waals surface area contributed by atoms with Crippen LogP contribution in [-0.4, -0.2) is 36.0 Å². The standard InChI is InChI=1S/C18H36O4/c19-15-11-7-3-1-5-9-13-17-22-18(21)14-10-6-2-4-8-12-16-20/h19-20H,1-17H2. The Balaban J connectivity index is 3.13. The molecule has 0 rings (SSSR count). The predicted molar refractivity (Wildman–Crippen MR) is 89.8 cm³/mol. The van der Waals surface area contributed by atoms with Gasteiger partial charge in [-0.2, -0.15) is 0 Å². The molecule has 22 heavy (non-hydrogen) atoms. The lowest BCUT2D eigenvalue weighted by atomic mass is 10.1. The Hall–Kier alpha value is -0.610. The van der Waals surface area contributed by atoms with Crippen molar-refractivity contribution in [2.24, 2.45) is 0 Å². The molecule has 0 heterocycles. The van der Waals surface area contributed by atoms with Crippen LogP contribution in [0.5, 0.6) is 0 Å². The fourth-order valence-corrected chi connectivity index (χ4v) is 2.44. The Labute approximate surface area is 136 Å². The van der Waals surface area contributed by atoms with Gasteiger partial charge in [-0.3, -0.25) is 4.79 Å². The van der Waals surface area contributed by atoms with Gasteiger partial charge in [-0.05, 0) is 25.7 Å². The fourth-order valence-electron chi connectivity index (χ4n) is 2.44. The minimum Gasteiger partial charge on any atom is -0.466 e. The average Bonchev–Trinajstić information content (AvgIpc) is 2.52. The van der Waals surface area contributed by atoms with Crippen LogP contribution in [0.3, 0.4) is 0 Å². The van der Waals surface area contributed by atoms with Crippen LogP contribution in [0.25, 0.3) is 0 Å². The van der Waals surface area contributed by atoms with E-state index in [4.69, 9.17) is 14.9 Å². The monoisotopic (exact) mass is 316 g/mol. The van der Waals surface area contributed by atoms with E-state index in [9.17, 15) is 4.79 Å². The number of aliphatic hydroxyl groups is 2. The van der Waals surface area contributed by atoms with Crippen molar-refractivity contribution >= 4 is 5.97 Å². The van der Waals surface area contributed by atoms with Gasteiger partial charge in [-0.25, -0.2) is 0 Å². The molecule has 0 aliphatic carbocycles. The van der Waals surface area contributed by atoms with Crippen LogP contribution in [0.4, 0.5) is 0 Å². The van der Waals surface area contributed by atoms with Crippen LogP contribution in [0, 0.1) is 0 Å². The van der Waals surface area contributed by atoms with Crippen molar-refractivity contribution in [3.05, 3.63) is 0 Å². The summed E-state index contributed by atoms with van der Waals surface area (Å²) in [5.41, 5.74) is 0. The van der Waals surface area contributed by atoms with E-state index < -0.39 is 0 Å². The SMILES string of the molecule is O=C(CCCCCCCCO)OCCCCCCCCCO. The summed E-state index contributed by atoms with van der Waals surface area (Å²) in [5, 5.41) is 17.3. The highest BCUT2D eigenvalue weighted by molar-refractivity contribution is 5.69. The van der Waals surface area contributed by atoms with Gasteiger partial charge in [0.2, 0.25) is 0 Å². The Bertz CT molecular complexity index is 231. The van der Waals surface area contributed by atoms with E-state index in [1.54, 1.807) is 0 Å². The maximum atomic E-state index is 11.5. The molecule has 4 heteroatoms. The first-order valence-electron chi connectivity index (χ1n) is 9.18. The lowest BCUT2D eigenvalue weighted by Crippen LogP contribution is -2.05. The Kier molecular flexibility index (Phi) is 17.9. The van der Waals surface area contributed by atoms with Gasteiger partial charge in [0, 0.05) is 19.6 Å². The minimum absolute atomic E-state index is 0.0571. The van der Waals surface area contributed by atoms with E-state index in [2.05, 4.69) is 0 Å². The first-order valence-corrected chi connectivity index (χ1v) is 9.18. The molecule has 0 amide bonds. The van der Waals surface area contributed by atoms with Crippen LogP contribution in [0.1, 0.15) is 89.9 Å². The van der Waals surface area contributed by atoms with Crippen molar-refractivity contribution in [3.63, 3.8) is 0 Å². The lowest BCUT2D eigenvalue weighted by molar-refractivity contribution is -0.143. The van der Waals surface area contributed by atoms with Gasteiger partial charge in [0.25, 0.3) is 0 Å². The van der Waals surface area contributed by atoms with Crippen LogP contribution >= 0.6 is 0 Å². The third kappa shape index (κ3) is 17.4. The molecule has 0 saturated carbocycles. The van der Waals surface area contributed by atoms with Crippen LogP contribution in [-0.2, 0) is 9.53 Å². The highest BCUT2D eigenvalue weighted by atomic mass is 16.5. The van der Waals surface area contributed by atoms with Gasteiger partial charge in [-0.15, -0.1) is 0 Å². The Morgan fingerprint density at radius 1 is 0.591 bits per heavy atom.